The summed E-state index contributed by atoms with van der Waals surface area (Å²) in [5, 5.41) is 2.97. The van der Waals surface area contributed by atoms with Gasteiger partial charge in [-0.3, -0.25) is 4.79 Å². The lowest BCUT2D eigenvalue weighted by molar-refractivity contribution is -0.119. The fraction of sp³-hybridized carbons (Fsp3) is 0.533. The number of carbonyl (C=O) groups is 1. The van der Waals surface area contributed by atoms with Crippen molar-refractivity contribution in [3.63, 3.8) is 0 Å². The Labute approximate surface area is 109 Å². The van der Waals surface area contributed by atoms with E-state index in [4.69, 9.17) is 4.74 Å². The number of carbonyl (C=O) groups excluding carboxylic acids is 1. The first kappa shape index (κ1) is 12.9. The molecule has 1 unspecified atom stereocenters. The summed E-state index contributed by atoms with van der Waals surface area (Å²) in [5.74, 6) is 1.50. The molecule has 1 amide bonds. The van der Waals surface area contributed by atoms with Crippen LogP contribution in [-0.4, -0.2) is 12.0 Å². The van der Waals surface area contributed by atoms with Gasteiger partial charge in [-0.2, -0.15) is 0 Å². The number of para-hydroxylation sites is 2. The first-order chi connectivity index (χ1) is 8.58. The quantitative estimate of drug-likeness (QED) is 0.865. The third kappa shape index (κ3) is 3.25. The summed E-state index contributed by atoms with van der Waals surface area (Å²) in [6.07, 6.45) is 2.46. The predicted octanol–water partition coefficient (Wildman–Crippen LogP) is 3.46. The monoisotopic (exact) mass is 247 g/mol. The van der Waals surface area contributed by atoms with E-state index in [2.05, 4.69) is 5.32 Å². The smallest absolute Gasteiger partial charge is 0.227 e. The second-order valence-corrected chi connectivity index (χ2v) is 5.28. The molecule has 0 saturated heterocycles. The highest BCUT2D eigenvalue weighted by Gasteiger charge is 2.32. The lowest BCUT2D eigenvalue weighted by Crippen LogP contribution is -2.22. The van der Waals surface area contributed by atoms with Crippen molar-refractivity contribution in [1.29, 1.82) is 0 Å². The number of benzene rings is 1. The second-order valence-electron chi connectivity index (χ2n) is 5.28. The highest BCUT2D eigenvalue weighted by atomic mass is 16.5. The van der Waals surface area contributed by atoms with Crippen LogP contribution in [0.4, 0.5) is 5.69 Å². The Morgan fingerprint density at radius 2 is 1.94 bits per heavy atom. The van der Waals surface area contributed by atoms with E-state index in [1.54, 1.807) is 0 Å². The van der Waals surface area contributed by atoms with Crippen LogP contribution in [0.25, 0.3) is 0 Å². The normalized spacial score (nSPS) is 16.4. The Morgan fingerprint density at radius 3 is 2.56 bits per heavy atom. The van der Waals surface area contributed by atoms with Crippen LogP contribution >= 0.6 is 0 Å². The van der Waals surface area contributed by atoms with Crippen molar-refractivity contribution in [2.24, 2.45) is 11.8 Å². The van der Waals surface area contributed by atoms with Crippen molar-refractivity contribution in [2.45, 2.75) is 39.7 Å². The summed E-state index contributed by atoms with van der Waals surface area (Å²) in [7, 11) is 0. The number of hydrogen-bond donors (Lipinski definition) is 1. The van der Waals surface area contributed by atoms with Gasteiger partial charge in [-0.25, -0.2) is 0 Å². The van der Waals surface area contributed by atoms with Gasteiger partial charge >= 0.3 is 0 Å². The van der Waals surface area contributed by atoms with Crippen LogP contribution in [0.5, 0.6) is 5.75 Å². The minimum Gasteiger partial charge on any atom is -0.489 e. The number of ether oxygens (including phenoxy) is 1. The third-order valence-corrected chi connectivity index (χ3v) is 3.25. The average molecular weight is 247 g/mol. The van der Waals surface area contributed by atoms with Crippen molar-refractivity contribution in [3.8, 4) is 5.75 Å². The molecule has 3 nitrogen and oxygen atoms in total. The molecule has 98 valence electrons. The Morgan fingerprint density at radius 1 is 1.28 bits per heavy atom. The highest BCUT2D eigenvalue weighted by Crippen LogP contribution is 2.37. The van der Waals surface area contributed by atoms with Crippen molar-refractivity contribution in [2.75, 3.05) is 5.32 Å². The topological polar surface area (TPSA) is 38.3 Å². The zero-order valence-corrected chi connectivity index (χ0v) is 11.3. The van der Waals surface area contributed by atoms with Crippen LogP contribution in [-0.2, 0) is 4.79 Å². The van der Waals surface area contributed by atoms with E-state index in [-0.39, 0.29) is 17.9 Å². The lowest BCUT2D eigenvalue weighted by atomic mass is 10.1. The first-order valence-corrected chi connectivity index (χ1v) is 6.64. The molecule has 1 fully saturated rings. The molecule has 0 bridgehead atoms. The SMILES string of the molecule is CC(C)Oc1ccccc1NC(=O)C(C)C1CC1. The zero-order chi connectivity index (χ0) is 13.1. The maximum atomic E-state index is 12.1. The number of amides is 1. The fourth-order valence-electron chi connectivity index (χ4n) is 1.98. The van der Waals surface area contributed by atoms with Crippen molar-refractivity contribution in [3.05, 3.63) is 24.3 Å². The Bertz CT molecular complexity index is 424. The summed E-state index contributed by atoms with van der Waals surface area (Å²) in [4.78, 5) is 12.1. The van der Waals surface area contributed by atoms with E-state index in [1.165, 1.54) is 12.8 Å². The molecule has 3 heteroatoms. The molecule has 0 heterocycles. The molecule has 0 radical (unpaired) electrons. The zero-order valence-electron chi connectivity index (χ0n) is 11.3. The summed E-state index contributed by atoms with van der Waals surface area (Å²) in [6.45, 7) is 5.95. The predicted molar refractivity (Wildman–Crippen MR) is 72.7 cm³/mol. The van der Waals surface area contributed by atoms with Crippen LogP contribution < -0.4 is 10.1 Å². The van der Waals surface area contributed by atoms with Gasteiger partial charge in [-0.05, 0) is 44.7 Å². The van der Waals surface area contributed by atoms with Gasteiger partial charge in [0, 0.05) is 5.92 Å². The average Bonchev–Trinajstić information content (AvgIpc) is 3.14. The maximum absolute atomic E-state index is 12.1. The van der Waals surface area contributed by atoms with Crippen molar-refractivity contribution >= 4 is 11.6 Å². The van der Waals surface area contributed by atoms with E-state index in [9.17, 15) is 4.79 Å². The summed E-state index contributed by atoms with van der Waals surface area (Å²) in [5.41, 5.74) is 0.767. The first-order valence-electron chi connectivity index (χ1n) is 6.64. The van der Waals surface area contributed by atoms with E-state index in [0.29, 0.717) is 5.92 Å². The van der Waals surface area contributed by atoms with Crippen LogP contribution in [0.3, 0.4) is 0 Å². The van der Waals surface area contributed by atoms with Gasteiger partial charge in [0.05, 0.1) is 11.8 Å². The van der Waals surface area contributed by atoms with Crippen molar-refractivity contribution in [1.82, 2.24) is 0 Å². The van der Waals surface area contributed by atoms with E-state index >= 15 is 0 Å². The molecule has 1 aromatic carbocycles. The standard InChI is InChI=1S/C15H21NO2/c1-10(2)18-14-7-5-4-6-13(14)16-15(17)11(3)12-8-9-12/h4-7,10-12H,8-9H2,1-3H3,(H,16,17). The summed E-state index contributed by atoms with van der Waals surface area (Å²) >= 11 is 0. The number of rotatable bonds is 5. The Kier molecular flexibility index (Phi) is 3.90. The molecule has 0 aromatic heterocycles. The number of anilines is 1. The van der Waals surface area contributed by atoms with Gasteiger partial charge in [0.1, 0.15) is 5.75 Å². The molecule has 1 aliphatic carbocycles. The van der Waals surface area contributed by atoms with Crippen LogP contribution in [0.15, 0.2) is 24.3 Å². The van der Waals surface area contributed by atoms with Crippen LogP contribution in [0.2, 0.25) is 0 Å². The third-order valence-electron chi connectivity index (χ3n) is 3.25. The Balaban J connectivity index is 2.05. The van der Waals surface area contributed by atoms with Crippen molar-refractivity contribution < 1.29 is 9.53 Å². The molecular formula is C15H21NO2. The van der Waals surface area contributed by atoms with Gasteiger partial charge in [-0.1, -0.05) is 19.1 Å². The summed E-state index contributed by atoms with van der Waals surface area (Å²) in [6, 6.07) is 7.59. The molecule has 1 saturated carbocycles. The molecule has 0 aliphatic heterocycles. The molecular weight excluding hydrogens is 226 g/mol. The van der Waals surface area contributed by atoms with Gasteiger partial charge in [-0.15, -0.1) is 0 Å². The van der Waals surface area contributed by atoms with Gasteiger partial charge in [0.2, 0.25) is 5.91 Å². The minimum absolute atomic E-state index is 0.0945. The summed E-state index contributed by atoms with van der Waals surface area (Å²) < 4.78 is 5.69. The highest BCUT2D eigenvalue weighted by molar-refractivity contribution is 5.94. The van der Waals surface area contributed by atoms with E-state index in [0.717, 1.165) is 11.4 Å². The van der Waals surface area contributed by atoms with Gasteiger partial charge in [0.25, 0.3) is 0 Å². The second kappa shape index (κ2) is 5.42. The molecule has 1 atom stereocenters. The molecule has 1 aliphatic rings. The van der Waals surface area contributed by atoms with Gasteiger partial charge in [0.15, 0.2) is 0 Å². The van der Waals surface area contributed by atoms with Gasteiger partial charge < -0.3 is 10.1 Å². The van der Waals surface area contributed by atoms with E-state index in [1.807, 2.05) is 45.0 Å². The molecule has 2 rings (SSSR count). The Hall–Kier alpha value is -1.51. The largest absolute Gasteiger partial charge is 0.489 e. The maximum Gasteiger partial charge on any atom is 0.227 e. The molecule has 1 N–H and O–H groups in total. The number of nitrogens with one attached hydrogen (secondary N) is 1. The molecule has 0 spiro atoms. The fourth-order valence-corrected chi connectivity index (χ4v) is 1.98. The van der Waals surface area contributed by atoms with E-state index < -0.39 is 0 Å². The van der Waals surface area contributed by atoms with Crippen LogP contribution in [0.1, 0.15) is 33.6 Å². The van der Waals surface area contributed by atoms with Crippen LogP contribution in [0, 0.1) is 11.8 Å². The minimum atomic E-state index is 0.0945. The number of hydrogen-bond acceptors (Lipinski definition) is 2. The lowest BCUT2D eigenvalue weighted by Gasteiger charge is -2.16. The molecule has 1 aromatic rings. The molecule has 18 heavy (non-hydrogen) atoms.